The lowest BCUT2D eigenvalue weighted by molar-refractivity contribution is -0.137. The number of benzene rings is 1. The highest BCUT2D eigenvalue weighted by Gasteiger charge is 2.56. The maximum absolute atomic E-state index is 13.0. The predicted molar refractivity (Wildman–Crippen MR) is 98.1 cm³/mol. The molecule has 0 bridgehead atoms. The quantitative estimate of drug-likeness (QED) is 0.813. The highest BCUT2D eigenvalue weighted by molar-refractivity contribution is 6.09. The van der Waals surface area contributed by atoms with Gasteiger partial charge in [-0.2, -0.15) is 0 Å². The highest BCUT2D eigenvalue weighted by atomic mass is 16.2. The number of hydrogen-bond acceptors (Lipinski definition) is 3. The van der Waals surface area contributed by atoms with E-state index in [0.29, 0.717) is 25.3 Å². The summed E-state index contributed by atoms with van der Waals surface area (Å²) < 4.78 is 0. The number of carbonyl (C=O) groups is 3. The van der Waals surface area contributed by atoms with Crippen molar-refractivity contribution in [1.82, 2.24) is 15.5 Å². The molecule has 6 heteroatoms. The minimum Gasteiger partial charge on any atom is -0.350 e. The van der Waals surface area contributed by atoms with E-state index in [2.05, 4.69) is 31.4 Å². The Morgan fingerprint density at radius 1 is 1.23 bits per heavy atom. The Hall–Kier alpha value is -2.37. The lowest BCUT2D eigenvalue weighted by Gasteiger charge is -2.43. The van der Waals surface area contributed by atoms with Crippen LogP contribution in [0.5, 0.6) is 0 Å². The van der Waals surface area contributed by atoms with E-state index in [1.165, 1.54) is 0 Å². The van der Waals surface area contributed by atoms with E-state index < -0.39 is 11.6 Å². The first-order valence-electron chi connectivity index (χ1n) is 9.16. The van der Waals surface area contributed by atoms with Crippen molar-refractivity contribution in [3.63, 3.8) is 0 Å². The third kappa shape index (κ3) is 3.74. The predicted octanol–water partition coefficient (Wildman–Crippen LogP) is 2.44. The zero-order chi connectivity index (χ0) is 18.9. The third-order valence-electron chi connectivity index (χ3n) is 5.26. The molecule has 0 radical (unpaired) electrons. The molecule has 4 amide bonds. The van der Waals surface area contributed by atoms with Crippen LogP contribution in [0, 0.1) is 11.3 Å². The van der Waals surface area contributed by atoms with Crippen molar-refractivity contribution >= 4 is 17.8 Å². The number of urea groups is 1. The lowest BCUT2D eigenvalue weighted by atomic mass is 9.64. The van der Waals surface area contributed by atoms with E-state index in [0.717, 1.165) is 16.9 Å². The molecule has 1 aliphatic carbocycles. The first kappa shape index (κ1) is 18.4. The fourth-order valence-electron chi connectivity index (χ4n) is 4.65. The molecule has 1 saturated carbocycles. The number of carbonyl (C=O) groups excluding carboxylic acids is 3. The van der Waals surface area contributed by atoms with Gasteiger partial charge in [0, 0.05) is 6.54 Å². The molecule has 1 heterocycles. The van der Waals surface area contributed by atoms with Gasteiger partial charge in [-0.1, -0.05) is 51.1 Å². The zero-order valence-corrected chi connectivity index (χ0v) is 15.7. The SMILES string of the molecule is C[C@@H]1CC(C)(C)C[C@@]2(C1)NC(=O)N(CC(=O)NCc1ccccc1)C2=O. The average molecular weight is 357 g/mol. The summed E-state index contributed by atoms with van der Waals surface area (Å²) >= 11 is 0. The van der Waals surface area contributed by atoms with Crippen LogP contribution in [0.25, 0.3) is 0 Å². The summed E-state index contributed by atoms with van der Waals surface area (Å²) in [6, 6.07) is 9.06. The Kier molecular flexibility index (Phi) is 4.78. The summed E-state index contributed by atoms with van der Waals surface area (Å²) in [5.74, 6) is -0.260. The van der Waals surface area contributed by atoms with Crippen LogP contribution in [0.15, 0.2) is 30.3 Å². The van der Waals surface area contributed by atoms with Crippen LogP contribution in [-0.2, 0) is 16.1 Å². The summed E-state index contributed by atoms with van der Waals surface area (Å²) in [7, 11) is 0. The topological polar surface area (TPSA) is 78.5 Å². The molecule has 2 N–H and O–H groups in total. The first-order valence-corrected chi connectivity index (χ1v) is 9.16. The Morgan fingerprint density at radius 2 is 1.92 bits per heavy atom. The molecule has 1 saturated heterocycles. The molecular weight excluding hydrogens is 330 g/mol. The van der Waals surface area contributed by atoms with Crippen LogP contribution < -0.4 is 10.6 Å². The van der Waals surface area contributed by atoms with Gasteiger partial charge in [0.15, 0.2) is 0 Å². The molecule has 0 aromatic heterocycles. The molecule has 2 fully saturated rings. The monoisotopic (exact) mass is 357 g/mol. The van der Waals surface area contributed by atoms with Crippen molar-refractivity contribution in [2.24, 2.45) is 11.3 Å². The van der Waals surface area contributed by atoms with E-state index in [9.17, 15) is 14.4 Å². The standard InChI is InChI=1S/C20H27N3O3/c1-14-9-19(2,3)13-20(10-14)17(25)23(18(26)22-20)12-16(24)21-11-15-7-5-4-6-8-15/h4-8,14H,9-13H2,1-3H3,(H,21,24)(H,22,26)/t14-,20-/m1/s1. The maximum Gasteiger partial charge on any atom is 0.325 e. The Bertz CT molecular complexity index is 716. The number of rotatable bonds is 4. The Labute approximate surface area is 154 Å². The molecule has 1 aromatic carbocycles. The third-order valence-corrected chi connectivity index (χ3v) is 5.26. The minimum atomic E-state index is -0.863. The second-order valence-corrected chi connectivity index (χ2v) is 8.52. The fourth-order valence-corrected chi connectivity index (χ4v) is 4.65. The molecule has 1 aromatic rings. The van der Waals surface area contributed by atoms with Gasteiger partial charge in [-0.05, 0) is 36.2 Å². The van der Waals surface area contributed by atoms with Gasteiger partial charge in [-0.15, -0.1) is 0 Å². The number of nitrogens with zero attached hydrogens (tertiary/aromatic N) is 1. The molecule has 26 heavy (non-hydrogen) atoms. The number of imide groups is 1. The van der Waals surface area contributed by atoms with Crippen molar-refractivity contribution in [3.8, 4) is 0 Å². The van der Waals surface area contributed by atoms with Crippen molar-refractivity contribution in [2.45, 2.75) is 52.1 Å². The molecular formula is C20H27N3O3. The normalized spacial score (nSPS) is 27.5. The highest BCUT2D eigenvalue weighted by Crippen LogP contribution is 2.46. The van der Waals surface area contributed by atoms with Crippen LogP contribution in [0.1, 0.15) is 45.6 Å². The largest absolute Gasteiger partial charge is 0.350 e. The van der Waals surface area contributed by atoms with Gasteiger partial charge in [0.2, 0.25) is 5.91 Å². The molecule has 1 spiro atoms. The summed E-state index contributed by atoms with van der Waals surface area (Å²) in [4.78, 5) is 38.7. The van der Waals surface area contributed by atoms with Gasteiger partial charge in [0.25, 0.3) is 5.91 Å². The van der Waals surface area contributed by atoms with Gasteiger partial charge < -0.3 is 10.6 Å². The van der Waals surface area contributed by atoms with E-state index >= 15 is 0 Å². The van der Waals surface area contributed by atoms with Gasteiger partial charge in [-0.3, -0.25) is 14.5 Å². The van der Waals surface area contributed by atoms with E-state index in [1.807, 2.05) is 30.3 Å². The fraction of sp³-hybridized carbons (Fsp3) is 0.550. The van der Waals surface area contributed by atoms with Crippen molar-refractivity contribution in [2.75, 3.05) is 6.54 Å². The van der Waals surface area contributed by atoms with Gasteiger partial charge >= 0.3 is 6.03 Å². The van der Waals surface area contributed by atoms with Gasteiger partial charge in [0.05, 0.1) is 0 Å². The summed E-state index contributed by atoms with van der Waals surface area (Å²) in [5, 5.41) is 5.66. The summed E-state index contributed by atoms with van der Waals surface area (Å²) in [5.41, 5.74) is 0.0850. The average Bonchev–Trinajstić information content (AvgIpc) is 2.75. The first-order chi connectivity index (χ1) is 12.2. The molecule has 2 atom stereocenters. The molecule has 0 unspecified atom stereocenters. The molecule has 3 rings (SSSR count). The Balaban J connectivity index is 1.65. The van der Waals surface area contributed by atoms with Crippen LogP contribution in [-0.4, -0.2) is 34.8 Å². The zero-order valence-electron chi connectivity index (χ0n) is 15.7. The van der Waals surface area contributed by atoms with Gasteiger partial charge in [0.1, 0.15) is 12.1 Å². The molecule has 6 nitrogen and oxygen atoms in total. The number of nitrogens with one attached hydrogen (secondary N) is 2. The van der Waals surface area contributed by atoms with E-state index in [-0.39, 0.29) is 23.8 Å². The number of amides is 4. The van der Waals surface area contributed by atoms with Crippen LogP contribution in [0.3, 0.4) is 0 Å². The van der Waals surface area contributed by atoms with E-state index in [1.54, 1.807) is 0 Å². The van der Waals surface area contributed by atoms with Crippen LogP contribution >= 0.6 is 0 Å². The molecule has 140 valence electrons. The smallest absolute Gasteiger partial charge is 0.325 e. The van der Waals surface area contributed by atoms with Crippen molar-refractivity contribution in [3.05, 3.63) is 35.9 Å². The second kappa shape index (κ2) is 6.74. The van der Waals surface area contributed by atoms with Crippen LogP contribution in [0.4, 0.5) is 4.79 Å². The summed E-state index contributed by atoms with van der Waals surface area (Å²) in [6.07, 6.45) is 2.26. The Morgan fingerprint density at radius 3 is 2.58 bits per heavy atom. The lowest BCUT2D eigenvalue weighted by Crippen LogP contribution is -2.54. The molecule has 2 aliphatic rings. The minimum absolute atomic E-state index is 0.0216. The number of hydrogen-bond donors (Lipinski definition) is 2. The molecule has 1 aliphatic heterocycles. The van der Waals surface area contributed by atoms with Crippen LogP contribution in [0.2, 0.25) is 0 Å². The van der Waals surface area contributed by atoms with E-state index in [4.69, 9.17) is 0 Å². The summed E-state index contributed by atoms with van der Waals surface area (Å²) in [6.45, 7) is 6.49. The van der Waals surface area contributed by atoms with Gasteiger partial charge in [-0.25, -0.2) is 4.79 Å². The maximum atomic E-state index is 13.0. The second-order valence-electron chi connectivity index (χ2n) is 8.52. The van der Waals surface area contributed by atoms with Crippen molar-refractivity contribution < 1.29 is 14.4 Å². The van der Waals surface area contributed by atoms with Crippen molar-refractivity contribution in [1.29, 1.82) is 0 Å².